The maximum absolute atomic E-state index is 5.05. The van der Waals surface area contributed by atoms with Crippen molar-refractivity contribution in [1.82, 2.24) is 24.1 Å². The van der Waals surface area contributed by atoms with Crippen molar-refractivity contribution in [3.05, 3.63) is 200 Å². The minimum absolute atomic E-state index is 0.705. The van der Waals surface area contributed by atoms with E-state index >= 15 is 0 Å². The first-order valence-electron chi connectivity index (χ1n) is 18.9. The predicted octanol–water partition coefficient (Wildman–Crippen LogP) is 12.7. The van der Waals surface area contributed by atoms with Crippen molar-refractivity contribution in [3.63, 3.8) is 0 Å². The molecular weight excluding hydrogens is 683 g/mol. The van der Waals surface area contributed by atoms with Crippen LogP contribution in [0, 0.1) is 0 Å². The normalized spacial score (nSPS) is 11.6. The van der Waals surface area contributed by atoms with Gasteiger partial charge in [-0.2, -0.15) is 0 Å². The van der Waals surface area contributed by atoms with Crippen LogP contribution in [0.4, 0.5) is 0 Å². The van der Waals surface area contributed by atoms with Crippen molar-refractivity contribution in [2.45, 2.75) is 0 Å². The lowest BCUT2D eigenvalue weighted by Gasteiger charge is -2.11. The number of rotatable bonds is 6. The Hall–Kier alpha value is -7.63. The monoisotopic (exact) mass is 715 g/mol. The molecule has 0 aliphatic carbocycles. The maximum Gasteiger partial charge on any atom is 0.160 e. The van der Waals surface area contributed by atoms with Crippen molar-refractivity contribution in [1.29, 1.82) is 0 Å². The van der Waals surface area contributed by atoms with Crippen molar-refractivity contribution in [2.24, 2.45) is 0 Å². The molecule has 0 atom stereocenters. The van der Waals surface area contributed by atoms with Gasteiger partial charge in [0.15, 0.2) is 5.82 Å². The van der Waals surface area contributed by atoms with E-state index in [0.717, 1.165) is 67.0 Å². The van der Waals surface area contributed by atoms with Crippen LogP contribution in [0.2, 0.25) is 0 Å². The second-order valence-electron chi connectivity index (χ2n) is 14.1. The van der Waals surface area contributed by atoms with Crippen LogP contribution < -0.4 is 0 Å². The number of aromatic nitrogens is 5. The van der Waals surface area contributed by atoms with E-state index in [0.29, 0.717) is 5.82 Å². The lowest BCUT2D eigenvalue weighted by atomic mass is 10.0. The number of para-hydroxylation sites is 2. The zero-order chi connectivity index (χ0) is 37.0. The van der Waals surface area contributed by atoms with Crippen LogP contribution in [0.15, 0.2) is 200 Å². The van der Waals surface area contributed by atoms with Gasteiger partial charge in [0.05, 0.1) is 39.0 Å². The van der Waals surface area contributed by atoms with Crippen LogP contribution in [0.5, 0.6) is 0 Å². The van der Waals surface area contributed by atoms with Crippen molar-refractivity contribution in [3.8, 4) is 56.4 Å². The van der Waals surface area contributed by atoms with E-state index in [1.165, 1.54) is 27.4 Å². The molecule has 0 aliphatic rings. The van der Waals surface area contributed by atoms with Gasteiger partial charge in [-0.3, -0.25) is 4.98 Å². The molecule has 0 spiro atoms. The number of fused-ring (bicyclic) bond motifs is 6. The van der Waals surface area contributed by atoms with Gasteiger partial charge in [-0.05, 0) is 83.9 Å². The number of hydrogen-bond acceptors (Lipinski definition) is 3. The average molecular weight is 716 g/mol. The van der Waals surface area contributed by atoms with Gasteiger partial charge in [0.1, 0.15) is 0 Å². The summed E-state index contributed by atoms with van der Waals surface area (Å²) in [6.45, 7) is 0. The van der Waals surface area contributed by atoms with E-state index in [1.807, 2.05) is 48.7 Å². The Morgan fingerprint density at radius 1 is 0.321 bits per heavy atom. The van der Waals surface area contributed by atoms with Gasteiger partial charge in [0, 0.05) is 50.4 Å². The molecule has 56 heavy (non-hydrogen) atoms. The summed E-state index contributed by atoms with van der Waals surface area (Å²) in [7, 11) is 0. The fourth-order valence-electron chi connectivity index (χ4n) is 8.15. The third-order valence-corrected chi connectivity index (χ3v) is 10.8. The summed E-state index contributed by atoms with van der Waals surface area (Å²) in [5, 5.41) is 3.59. The van der Waals surface area contributed by atoms with E-state index in [-0.39, 0.29) is 0 Å². The fourth-order valence-corrected chi connectivity index (χ4v) is 8.15. The topological polar surface area (TPSA) is 48.5 Å². The van der Waals surface area contributed by atoms with Gasteiger partial charge < -0.3 is 9.13 Å². The lowest BCUT2D eigenvalue weighted by molar-refractivity contribution is 1.17. The molecule has 0 radical (unpaired) electrons. The van der Waals surface area contributed by atoms with Crippen LogP contribution in [0.25, 0.3) is 100 Å². The Morgan fingerprint density at radius 2 is 0.821 bits per heavy atom. The molecule has 0 saturated heterocycles. The number of hydrogen-bond donors (Lipinski definition) is 0. The molecule has 0 bridgehead atoms. The third kappa shape index (κ3) is 5.29. The van der Waals surface area contributed by atoms with Crippen LogP contribution in [-0.2, 0) is 0 Å². The largest absolute Gasteiger partial charge is 0.309 e. The standard InChI is InChI=1S/C51H33N5/c1-4-13-34(14-5-1)44-33-45(54-51(53-44)36-15-6-2-7-16-36)35-22-26-40(27-23-35)56-48-29-25-38(32-43(48)50-49(56)21-12-30-52-50)37-24-28-47-42(31-37)41-19-10-11-20-46(41)55(47)39-17-8-3-9-18-39/h1-33H. The minimum atomic E-state index is 0.705. The Morgan fingerprint density at radius 3 is 1.54 bits per heavy atom. The first-order chi connectivity index (χ1) is 27.8. The predicted molar refractivity (Wildman–Crippen MR) is 230 cm³/mol. The molecule has 4 aromatic heterocycles. The molecule has 7 aromatic carbocycles. The first-order valence-corrected chi connectivity index (χ1v) is 18.9. The highest BCUT2D eigenvalue weighted by atomic mass is 15.0. The molecule has 5 heteroatoms. The molecular formula is C51H33N5. The maximum atomic E-state index is 5.05. The number of benzene rings is 7. The van der Waals surface area contributed by atoms with E-state index in [4.69, 9.17) is 15.0 Å². The van der Waals surface area contributed by atoms with Gasteiger partial charge in [0.2, 0.25) is 0 Å². The summed E-state index contributed by atoms with van der Waals surface area (Å²) >= 11 is 0. The Balaban J connectivity index is 1.01. The fraction of sp³-hybridized carbons (Fsp3) is 0. The molecule has 0 unspecified atom stereocenters. The van der Waals surface area contributed by atoms with Crippen molar-refractivity contribution in [2.75, 3.05) is 0 Å². The van der Waals surface area contributed by atoms with E-state index in [1.54, 1.807) is 0 Å². The molecule has 11 aromatic rings. The Kier molecular flexibility index (Phi) is 7.42. The summed E-state index contributed by atoms with van der Waals surface area (Å²) in [5.41, 5.74) is 14.9. The van der Waals surface area contributed by atoms with Crippen LogP contribution in [-0.4, -0.2) is 24.1 Å². The molecule has 262 valence electrons. The highest BCUT2D eigenvalue weighted by molar-refractivity contribution is 6.12. The molecule has 4 heterocycles. The lowest BCUT2D eigenvalue weighted by Crippen LogP contribution is -1.97. The zero-order valence-electron chi connectivity index (χ0n) is 30.3. The number of pyridine rings is 1. The molecule has 0 N–H and O–H groups in total. The summed E-state index contributed by atoms with van der Waals surface area (Å²) in [6.07, 6.45) is 1.89. The second-order valence-corrected chi connectivity index (χ2v) is 14.1. The molecule has 0 amide bonds. The van der Waals surface area contributed by atoms with Gasteiger partial charge in [-0.15, -0.1) is 0 Å². The summed E-state index contributed by atoms with van der Waals surface area (Å²) in [4.78, 5) is 14.9. The zero-order valence-corrected chi connectivity index (χ0v) is 30.3. The van der Waals surface area contributed by atoms with Crippen LogP contribution in [0.1, 0.15) is 0 Å². The SMILES string of the molecule is c1ccc(-c2cc(-c3ccc(-n4c5ccc(-c6ccc7c(c6)c6ccccc6n7-c6ccccc6)cc5c5ncccc54)cc3)nc(-c3ccccc3)n2)cc1. The number of nitrogens with zero attached hydrogens (tertiary/aromatic N) is 5. The van der Waals surface area contributed by atoms with E-state index in [9.17, 15) is 0 Å². The highest BCUT2D eigenvalue weighted by Gasteiger charge is 2.17. The van der Waals surface area contributed by atoms with E-state index < -0.39 is 0 Å². The second kappa shape index (κ2) is 13.0. The smallest absolute Gasteiger partial charge is 0.160 e. The molecule has 0 saturated carbocycles. The van der Waals surface area contributed by atoms with E-state index in [2.05, 4.69) is 161 Å². The first kappa shape index (κ1) is 31.9. The third-order valence-electron chi connectivity index (χ3n) is 10.8. The molecule has 11 rings (SSSR count). The molecule has 5 nitrogen and oxygen atoms in total. The van der Waals surface area contributed by atoms with Crippen LogP contribution in [0.3, 0.4) is 0 Å². The quantitative estimate of drug-likeness (QED) is 0.172. The minimum Gasteiger partial charge on any atom is -0.309 e. The van der Waals surface area contributed by atoms with Gasteiger partial charge in [0.25, 0.3) is 0 Å². The van der Waals surface area contributed by atoms with Gasteiger partial charge in [-0.1, -0.05) is 121 Å². The Bertz CT molecular complexity index is 3160. The van der Waals surface area contributed by atoms with Crippen molar-refractivity contribution >= 4 is 43.7 Å². The summed E-state index contributed by atoms with van der Waals surface area (Å²) in [6, 6.07) is 68.3. The van der Waals surface area contributed by atoms with Gasteiger partial charge >= 0.3 is 0 Å². The van der Waals surface area contributed by atoms with Crippen molar-refractivity contribution < 1.29 is 0 Å². The summed E-state index contributed by atoms with van der Waals surface area (Å²) < 4.78 is 4.67. The molecule has 0 aliphatic heterocycles. The van der Waals surface area contributed by atoms with Crippen LogP contribution >= 0.6 is 0 Å². The molecule has 0 fully saturated rings. The summed E-state index contributed by atoms with van der Waals surface area (Å²) in [5.74, 6) is 0.705. The Labute approximate surface area is 323 Å². The van der Waals surface area contributed by atoms with Gasteiger partial charge in [-0.25, -0.2) is 9.97 Å². The average Bonchev–Trinajstić information content (AvgIpc) is 3.79. The highest BCUT2D eigenvalue weighted by Crippen LogP contribution is 2.38.